The van der Waals surface area contributed by atoms with Crippen LogP contribution in [0.15, 0.2) is 24.3 Å². The van der Waals surface area contributed by atoms with Gasteiger partial charge in [0.25, 0.3) is 0 Å². The molecule has 1 N–H and O–H groups in total. The number of nitrogens with one attached hydrogen (secondary N) is 1. The van der Waals surface area contributed by atoms with Crippen LogP contribution in [0.4, 0.5) is 5.69 Å². The van der Waals surface area contributed by atoms with Gasteiger partial charge in [0, 0.05) is 31.4 Å². The Morgan fingerprint density at radius 3 is 2.58 bits per heavy atom. The minimum atomic E-state index is 0.463. The fourth-order valence-corrected chi connectivity index (χ4v) is 3.02. The van der Waals surface area contributed by atoms with Crippen molar-refractivity contribution in [2.24, 2.45) is 5.41 Å². The highest BCUT2D eigenvalue weighted by atomic mass is 15.1. The summed E-state index contributed by atoms with van der Waals surface area (Å²) in [6.45, 7) is 8.19. The summed E-state index contributed by atoms with van der Waals surface area (Å²) in [6, 6.07) is 9.96. The first-order valence-electron chi connectivity index (χ1n) is 7.70. The quantitative estimate of drug-likeness (QED) is 0.888. The largest absolute Gasteiger partial charge is 0.371 e. The van der Waals surface area contributed by atoms with Gasteiger partial charge in [0.05, 0.1) is 0 Å². The van der Waals surface area contributed by atoms with Crippen molar-refractivity contribution in [1.82, 2.24) is 5.32 Å². The SMILES string of the molecule is CC1(C)CCCN(c2ccc(CNC3CC3)cc2)C1. The smallest absolute Gasteiger partial charge is 0.0366 e. The predicted octanol–water partition coefficient (Wildman–Crippen LogP) is 3.57. The van der Waals surface area contributed by atoms with Crippen LogP contribution >= 0.6 is 0 Å². The highest BCUT2D eigenvalue weighted by molar-refractivity contribution is 5.48. The molecule has 2 aliphatic rings. The normalized spacial score (nSPS) is 22.5. The van der Waals surface area contributed by atoms with Crippen LogP contribution in [0.25, 0.3) is 0 Å². The van der Waals surface area contributed by atoms with Crippen LogP contribution in [0.1, 0.15) is 45.1 Å². The Kier molecular flexibility index (Phi) is 3.53. The second-order valence-corrected chi connectivity index (χ2v) is 7.01. The van der Waals surface area contributed by atoms with Crippen LogP contribution < -0.4 is 10.2 Å². The minimum Gasteiger partial charge on any atom is -0.371 e. The maximum Gasteiger partial charge on any atom is 0.0366 e. The third kappa shape index (κ3) is 3.50. The Labute approximate surface area is 117 Å². The summed E-state index contributed by atoms with van der Waals surface area (Å²) >= 11 is 0. The van der Waals surface area contributed by atoms with E-state index >= 15 is 0 Å². The Morgan fingerprint density at radius 1 is 1.21 bits per heavy atom. The van der Waals surface area contributed by atoms with Crippen molar-refractivity contribution >= 4 is 5.69 Å². The Morgan fingerprint density at radius 2 is 1.95 bits per heavy atom. The molecule has 19 heavy (non-hydrogen) atoms. The van der Waals surface area contributed by atoms with E-state index in [1.54, 1.807) is 0 Å². The van der Waals surface area contributed by atoms with Gasteiger partial charge in [-0.3, -0.25) is 0 Å². The molecule has 1 aromatic carbocycles. The lowest BCUT2D eigenvalue weighted by molar-refractivity contribution is 0.293. The van der Waals surface area contributed by atoms with Crippen molar-refractivity contribution < 1.29 is 0 Å². The first-order chi connectivity index (χ1) is 9.12. The number of anilines is 1. The topological polar surface area (TPSA) is 15.3 Å². The molecule has 0 bridgehead atoms. The number of hydrogen-bond donors (Lipinski definition) is 1. The average Bonchev–Trinajstić information content (AvgIpc) is 3.20. The molecule has 2 nitrogen and oxygen atoms in total. The van der Waals surface area contributed by atoms with Gasteiger partial charge in [0.1, 0.15) is 0 Å². The summed E-state index contributed by atoms with van der Waals surface area (Å²) in [5.41, 5.74) is 3.26. The lowest BCUT2D eigenvalue weighted by Gasteiger charge is -2.39. The average molecular weight is 258 g/mol. The monoisotopic (exact) mass is 258 g/mol. The molecular formula is C17H26N2. The van der Waals surface area contributed by atoms with Crippen molar-refractivity contribution in [3.63, 3.8) is 0 Å². The van der Waals surface area contributed by atoms with Gasteiger partial charge < -0.3 is 10.2 Å². The number of benzene rings is 1. The maximum absolute atomic E-state index is 3.57. The second kappa shape index (κ2) is 5.16. The van der Waals surface area contributed by atoms with Crippen LogP contribution in [0, 0.1) is 5.41 Å². The number of rotatable bonds is 4. The fraction of sp³-hybridized carbons (Fsp3) is 0.647. The Balaban J connectivity index is 1.61. The second-order valence-electron chi connectivity index (χ2n) is 7.01. The fourth-order valence-electron chi connectivity index (χ4n) is 3.02. The van der Waals surface area contributed by atoms with Crippen LogP contribution in [-0.4, -0.2) is 19.1 Å². The number of nitrogens with zero attached hydrogens (tertiary/aromatic N) is 1. The van der Waals surface area contributed by atoms with E-state index in [2.05, 4.69) is 48.3 Å². The predicted molar refractivity (Wildman–Crippen MR) is 81.5 cm³/mol. The summed E-state index contributed by atoms with van der Waals surface area (Å²) in [5, 5.41) is 3.57. The summed E-state index contributed by atoms with van der Waals surface area (Å²) in [7, 11) is 0. The van der Waals surface area contributed by atoms with Crippen LogP contribution in [0.3, 0.4) is 0 Å². The van der Waals surface area contributed by atoms with E-state index in [0.717, 1.165) is 12.6 Å². The molecular weight excluding hydrogens is 232 g/mol. The highest BCUT2D eigenvalue weighted by Gasteiger charge is 2.26. The van der Waals surface area contributed by atoms with Gasteiger partial charge in [-0.2, -0.15) is 0 Å². The van der Waals surface area contributed by atoms with Gasteiger partial charge in [-0.25, -0.2) is 0 Å². The summed E-state index contributed by atoms with van der Waals surface area (Å²) in [6.07, 6.45) is 5.40. The molecule has 1 heterocycles. The molecule has 2 fully saturated rings. The number of piperidine rings is 1. The van der Waals surface area contributed by atoms with Crippen LogP contribution in [0.5, 0.6) is 0 Å². The summed E-state index contributed by atoms with van der Waals surface area (Å²) in [4.78, 5) is 2.54. The van der Waals surface area contributed by atoms with E-state index < -0.39 is 0 Å². The van der Waals surface area contributed by atoms with Crippen molar-refractivity contribution in [3.8, 4) is 0 Å². The molecule has 0 unspecified atom stereocenters. The lowest BCUT2D eigenvalue weighted by Crippen LogP contribution is -2.40. The summed E-state index contributed by atoms with van der Waals surface area (Å²) < 4.78 is 0. The standard InChI is InChI=1S/C17H26N2/c1-17(2)10-3-11-19(13-17)16-8-4-14(5-9-16)12-18-15-6-7-15/h4-5,8-9,15,18H,3,6-7,10-13H2,1-2H3. The van der Waals surface area contributed by atoms with Gasteiger partial charge in [0.2, 0.25) is 0 Å². The van der Waals surface area contributed by atoms with Crippen molar-refractivity contribution in [2.45, 2.75) is 52.1 Å². The van der Waals surface area contributed by atoms with Crippen LogP contribution in [0.2, 0.25) is 0 Å². The first kappa shape index (κ1) is 13.0. The van der Waals surface area contributed by atoms with Crippen molar-refractivity contribution in [2.75, 3.05) is 18.0 Å². The summed E-state index contributed by atoms with van der Waals surface area (Å²) in [5.74, 6) is 0. The molecule has 0 atom stereocenters. The van der Waals surface area contributed by atoms with Gasteiger partial charge in [-0.05, 0) is 48.8 Å². The zero-order chi connectivity index (χ0) is 13.3. The van der Waals surface area contributed by atoms with E-state index in [-0.39, 0.29) is 0 Å². The molecule has 0 radical (unpaired) electrons. The van der Waals surface area contributed by atoms with Crippen molar-refractivity contribution in [3.05, 3.63) is 29.8 Å². The molecule has 1 aromatic rings. The third-order valence-electron chi connectivity index (χ3n) is 4.37. The Hall–Kier alpha value is -1.02. The van der Waals surface area contributed by atoms with E-state index in [4.69, 9.17) is 0 Å². The van der Waals surface area contributed by atoms with Gasteiger partial charge >= 0.3 is 0 Å². The van der Waals surface area contributed by atoms with E-state index in [9.17, 15) is 0 Å². The first-order valence-corrected chi connectivity index (χ1v) is 7.70. The molecule has 1 saturated heterocycles. The molecule has 1 aliphatic heterocycles. The molecule has 0 amide bonds. The van der Waals surface area contributed by atoms with Crippen LogP contribution in [-0.2, 0) is 6.54 Å². The minimum absolute atomic E-state index is 0.463. The number of hydrogen-bond acceptors (Lipinski definition) is 2. The third-order valence-corrected chi connectivity index (χ3v) is 4.37. The van der Waals surface area contributed by atoms with Crippen molar-refractivity contribution in [1.29, 1.82) is 0 Å². The highest BCUT2D eigenvalue weighted by Crippen LogP contribution is 2.31. The van der Waals surface area contributed by atoms with Gasteiger partial charge in [0.15, 0.2) is 0 Å². The van der Waals surface area contributed by atoms with E-state index in [0.29, 0.717) is 5.41 Å². The molecule has 1 saturated carbocycles. The Bertz CT molecular complexity index is 417. The molecule has 2 heteroatoms. The van der Waals surface area contributed by atoms with E-state index in [1.807, 2.05) is 0 Å². The van der Waals surface area contributed by atoms with Gasteiger partial charge in [-0.1, -0.05) is 26.0 Å². The lowest BCUT2D eigenvalue weighted by atomic mass is 9.84. The molecule has 0 aromatic heterocycles. The molecule has 104 valence electrons. The zero-order valence-corrected chi connectivity index (χ0v) is 12.3. The van der Waals surface area contributed by atoms with E-state index in [1.165, 1.54) is 50.0 Å². The molecule has 1 aliphatic carbocycles. The zero-order valence-electron chi connectivity index (χ0n) is 12.3. The molecule has 3 rings (SSSR count). The van der Waals surface area contributed by atoms with Gasteiger partial charge in [-0.15, -0.1) is 0 Å². The molecule has 0 spiro atoms. The maximum atomic E-state index is 3.57.